The highest BCUT2D eigenvalue weighted by Crippen LogP contribution is 2.65. The van der Waals surface area contributed by atoms with Crippen LogP contribution in [0.2, 0.25) is 15.1 Å². The van der Waals surface area contributed by atoms with Gasteiger partial charge in [0.2, 0.25) is 11.8 Å². The summed E-state index contributed by atoms with van der Waals surface area (Å²) in [5, 5.41) is 3.16. The van der Waals surface area contributed by atoms with Gasteiger partial charge in [0.1, 0.15) is 10.8 Å². The molecule has 3 rings (SSSR count). The molecule has 0 radical (unpaired) electrons. The summed E-state index contributed by atoms with van der Waals surface area (Å²) in [6.07, 6.45) is -6.52. The van der Waals surface area contributed by atoms with Gasteiger partial charge in [-0.2, -0.15) is 13.2 Å². The van der Waals surface area contributed by atoms with Crippen molar-refractivity contribution in [3.63, 3.8) is 0 Å². The van der Waals surface area contributed by atoms with E-state index in [0.717, 1.165) is 0 Å². The SMILES string of the molecule is O=C(CC(F)(F)F)NNC(=O)c1cc(NC(=O)[C@H]2[C@H](c3cc(Cl)cc(Cl)c3)C2(Cl)Cl)ccc1Cl. The second-order valence-corrected chi connectivity index (χ2v) is 10.0. The Hall–Kier alpha value is -1.91. The first kappa shape index (κ1) is 26.7. The van der Waals surface area contributed by atoms with E-state index in [9.17, 15) is 27.6 Å². The van der Waals surface area contributed by atoms with Crippen molar-refractivity contribution in [2.45, 2.75) is 22.8 Å². The number of nitrogens with one attached hydrogen (secondary N) is 3. The zero-order valence-corrected chi connectivity index (χ0v) is 20.4. The summed E-state index contributed by atoms with van der Waals surface area (Å²) in [5.41, 5.74) is 3.93. The molecule has 2 aromatic rings. The van der Waals surface area contributed by atoms with Gasteiger partial charge in [-0.3, -0.25) is 25.2 Å². The Balaban J connectivity index is 1.69. The number of benzene rings is 2. The number of alkyl halides is 5. The summed E-state index contributed by atoms with van der Waals surface area (Å²) in [6.45, 7) is 0. The first-order valence-electron chi connectivity index (χ1n) is 9.29. The molecule has 2 atom stereocenters. The highest BCUT2D eigenvalue weighted by molar-refractivity contribution is 6.53. The number of amides is 3. The van der Waals surface area contributed by atoms with Gasteiger partial charge in [0.25, 0.3) is 5.91 Å². The molecule has 182 valence electrons. The normalized spacial score (nSPS) is 18.7. The Morgan fingerprint density at radius 2 is 1.56 bits per heavy atom. The van der Waals surface area contributed by atoms with Crippen LogP contribution in [-0.2, 0) is 9.59 Å². The zero-order valence-electron chi connectivity index (χ0n) is 16.6. The monoisotopic (exact) mass is 575 g/mol. The first-order chi connectivity index (χ1) is 15.7. The van der Waals surface area contributed by atoms with Crippen molar-refractivity contribution >= 4 is 81.4 Å². The summed E-state index contributed by atoms with van der Waals surface area (Å²) in [6, 6.07) is 8.52. The summed E-state index contributed by atoms with van der Waals surface area (Å²) in [4.78, 5) is 36.3. The molecule has 1 aliphatic rings. The zero-order chi connectivity index (χ0) is 25.4. The van der Waals surface area contributed by atoms with Crippen molar-refractivity contribution in [1.29, 1.82) is 0 Å². The quantitative estimate of drug-likeness (QED) is 0.306. The summed E-state index contributed by atoms with van der Waals surface area (Å²) < 4.78 is 35.2. The van der Waals surface area contributed by atoms with E-state index in [4.69, 9.17) is 58.0 Å². The van der Waals surface area contributed by atoms with Crippen LogP contribution in [-0.4, -0.2) is 28.2 Å². The van der Waals surface area contributed by atoms with E-state index in [0.29, 0.717) is 15.6 Å². The minimum atomic E-state index is -4.74. The second-order valence-electron chi connectivity index (χ2n) is 7.31. The predicted molar refractivity (Wildman–Crippen MR) is 123 cm³/mol. The van der Waals surface area contributed by atoms with Gasteiger partial charge in [0.05, 0.1) is 16.5 Å². The van der Waals surface area contributed by atoms with E-state index in [1.54, 1.807) is 17.6 Å². The Kier molecular flexibility index (Phi) is 7.84. The molecule has 1 fully saturated rings. The fourth-order valence-corrected chi connectivity index (χ4v) is 4.81. The lowest BCUT2D eigenvalue weighted by Crippen LogP contribution is -2.43. The molecule has 1 aliphatic carbocycles. The van der Waals surface area contributed by atoms with Crippen molar-refractivity contribution in [3.8, 4) is 0 Å². The predicted octanol–water partition coefficient (Wildman–Crippen LogP) is 5.89. The average Bonchev–Trinajstić information content (AvgIpc) is 3.27. The standard InChI is InChI=1S/C20H13Cl5F3N3O3/c21-9-3-8(4-10(22)5-9)15-16(20(15,24)25)18(34)29-11-1-2-13(23)12(6-11)17(33)31-30-14(32)7-19(26,27)28/h1-6,15-16H,7H2,(H,29,34)(H,30,32)(H,31,33)/t15-,16+/m0/s1. The maximum atomic E-state index is 12.8. The Morgan fingerprint density at radius 1 is 0.941 bits per heavy atom. The van der Waals surface area contributed by atoms with Gasteiger partial charge in [-0.25, -0.2) is 0 Å². The van der Waals surface area contributed by atoms with Crippen molar-refractivity contribution in [2.24, 2.45) is 5.92 Å². The number of hydrogen-bond acceptors (Lipinski definition) is 3. The molecular weight excluding hydrogens is 564 g/mol. The lowest BCUT2D eigenvalue weighted by Gasteiger charge is -2.11. The van der Waals surface area contributed by atoms with Crippen molar-refractivity contribution in [3.05, 3.63) is 62.6 Å². The lowest BCUT2D eigenvalue weighted by molar-refractivity contribution is -0.154. The van der Waals surface area contributed by atoms with Crippen LogP contribution < -0.4 is 16.2 Å². The smallest absolute Gasteiger partial charge is 0.326 e. The molecule has 0 heterocycles. The van der Waals surface area contributed by atoms with Gasteiger partial charge in [-0.05, 0) is 42.0 Å². The van der Waals surface area contributed by atoms with E-state index < -0.39 is 46.5 Å². The largest absolute Gasteiger partial charge is 0.397 e. The summed E-state index contributed by atoms with van der Waals surface area (Å²) in [5.74, 6) is -4.52. The van der Waals surface area contributed by atoms with Crippen LogP contribution in [0.3, 0.4) is 0 Å². The van der Waals surface area contributed by atoms with Gasteiger partial charge in [-0.1, -0.05) is 34.8 Å². The highest BCUT2D eigenvalue weighted by Gasteiger charge is 2.67. The van der Waals surface area contributed by atoms with Gasteiger partial charge < -0.3 is 5.32 Å². The molecule has 14 heteroatoms. The molecule has 1 saturated carbocycles. The van der Waals surface area contributed by atoms with Crippen molar-refractivity contribution < 1.29 is 27.6 Å². The highest BCUT2D eigenvalue weighted by atomic mass is 35.5. The molecule has 3 amide bonds. The van der Waals surface area contributed by atoms with Gasteiger partial charge in [-0.15, -0.1) is 23.2 Å². The number of hydrazine groups is 1. The number of hydrogen-bond donors (Lipinski definition) is 3. The number of anilines is 1. The fourth-order valence-electron chi connectivity index (χ4n) is 3.24. The maximum Gasteiger partial charge on any atom is 0.397 e. The van der Waals surface area contributed by atoms with E-state index >= 15 is 0 Å². The minimum Gasteiger partial charge on any atom is -0.326 e. The Labute approximate surface area is 216 Å². The summed E-state index contributed by atoms with van der Waals surface area (Å²) in [7, 11) is 0. The summed E-state index contributed by atoms with van der Waals surface area (Å²) >= 11 is 30.6. The fraction of sp³-hybridized carbons (Fsp3) is 0.250. The van der Waals surface area contributed by atoms with Crippen LogP contribution in [0, 0.1) is 5.92 Å². The molecule has 3 N–H and O–H groups in total. The molecule has 2 aromatic carbocycles. The molecule has 34 heavy (non-hydrogen) atoms. The third-order valence-electron chi connectivity index (χ3n) is 4.73. The van der Waals surface area contributed by atoms with Crippen LogP contribution in [0.1, 0.15) is 28.3 Å². The van der Waals surface area contributed by atoms with Gasteiger partial charge in [0.15, 0.2) is 0 Å². The molecule has 0 unspecified atom stereocenters. The molecular formula is C20H13Cl5F3N3O3. The minimum absolute atomic E-state index is 0.0810. The molecule has 6 nitrogen and oxygen atoms in total. The Bertz CT molecular complexity index is 1140. The number of carbonyl (C=O) groups is 3. The van der Waals surface area contributed by atoms with Gasteiger partial charge in [0, 0.05) is 21.7 Å². The molecule has 0 saturated heterocycles. The van der Waals surface area contributed by atoms with Crippen LogP contribution in [0.4, 0.5) is 18.9 Å². The van der Waals surface area contributed by atoms with E-state index in [1.807, 2.05) is 5.43 Å². The van der Waals surface area contributed by atoms with Crippen molar-refractivity contribution in [1.82, 2.24) is 10.9 Å². The van der Waals surface area contributed by atoms with E-state index in [2.05, 4.69) is 5.32 Å². The number of rotatable bonds is 5. The molecule has 0 aliphatic heterocycles. The van der Waals surface area contributed by atoms with E-state index in [-0.39, 0.29) is 16.3 Å². The maximum absolute atomic E-state index is 12.8. The third kappa shape index (κ3) is 6.40. The van der Waals surface area contributed by atoms with Crippen LogP contribution in [0.5, 0.6) is 0 Å². The second kappa shape index (κ2) is 9.99. The van der Waals surface area contributed by atoms with Gasteiger partial charge >= 0.3 is 6.18 Å². The lowest BCUT2D eigenvalue weighted by atomic mass is 10.1. The Morgan fingerprint density at radius 3 is 2.15 bits per heavy atom. The van der Waals surface area contributed by atoms with Crippen LogP contribution in [0.15, 0.2) is 36.4 Å². The molecule has 0 bridgehead atoms. The van der Waals surface area contributed by atoms with Crippen LogP contribution >= 0.6 is 58.0 Å². The topological polar surface area (TPSA) is 87.3 Å². The third-order valence-corrected chi connectivity index (χ3v) is 6.44. The van der Waals surface area contributed by atoms with Crippen LogP contribution in [0.25, 0.3) is 0 Å². The molecule has 0 aromatic heterocycles. The average molecular weight is 578 g/mol. The van der Waals surface area contributed by atoms with Crippen molar-refractivity contribution in [2.75, 3.05) is 5.32 Å². The number of carbonyl (C=O) groups excluding carboxylic acids is 3. The van der Waals surface area contributed by atoms with E-state index in [1.165, 1.54) is 24.3 Å². The first-order valence-corrected chi connectivity index (χ1v) is 11.2. The molecule has 0 spiro atoms. The number of halogens is 8.